The molecular weight excluding hydrogens is 255 g/mol. The quantitative estimate of drug-likeness (QED) is 0.920. The molecular formula is C13H18F3N3. The van der Waals surface area contributed by atoms with Gasteiger partial charge in [0.25, 0.3) is 0 Å². The van der Waals surface area contributed by atoms with E-state index in [9.17, 15) is 13.2 Å². The smallest absolute Gasteiger partial charge is 0.354 e. The fourth-order valence-electron chi connectivity index (χ4n) is 2.52. The molecule has 6 heteroatoms. The molecule has 0 radical (unpaired) electrons. The number of nitrogens with two attached hydrogens (primary N) is 1. The molecule has 0 amide bonds. The third-order valence-electron chi connectivity index (χ3n) is 3.50. The summed E-state index contributed by atoms with van der Waals surface area (Å²) in [7, 11) is 0. The number of rotatable bonds is 3. The second-order valence-corrected chi connectivity index (χ2v) is 4.82. The van der Waals surface area contributed by atoms with Crippen LogP contribution in [0.1, 0.15) is 31.2 Å². The third-order valence-corrected chi connectivity index (χ3v) is 3.50. The largest absolute Gasteiger partial charge is 0.417 e. The van der Waals surface area contributed by atoms with E-state index in [0.29, 0.717) is 18.4 Å². The maximum Gasteiger partial charge on any atom is 0.417 e. The van der Waals surface area contributed by atoms with Gasteiger partial charge in [-0.15, -0.1) is 0 Å². The van der Waals surface area contributed by atoms with Crippen molar-refractivity contribution in [3.05, 3.63) is 23.9 Å². The van der Waals surface area contributed by atoms with E-state index >= 15 is 0 Å². The molecule has 0 aromatic carbocycles. The lowest BCUT2D eigenvalue weighted by atomic mass is 9.99. The fraction of sp³-hybridized carbons (Fsp3) is 0.615. The summed E-state index contributed by atoms with van der Waals surface area (Å²) in [6, 6.07) is 2.84. The molecule has 1 unspecified atom stereocenters. The number of hydrogen-bond donors (Lipinski definition) is 1. The molecule has 19 heavy (non-hydrogen) atoms. The zero-order valence-corrected chi connectivity index (χ0v) is 10.7. The van der Waals surface area contributed by atoms with Crippen molar-refractivity contribution >= 4 is 5.82 Å². The Morgan fingerprint density at radius 1 is 1.32 bits per heavy atom. The third kappa shape index (κ3) is 3.37. The van der Waals surface area contributed by atoms with Gasteiger partial charge in [-0.25, -0.2) is 4.98 Å². The van der Waals surface area contributed by atoms with Crippen molar-refractivity contribution in [2.24, 2.45) is 5.73 Å². The minimum Gasteiger partial charge on any atom is -0.354 e. The predicted octanol–water partition coefficient (Wildman–Crippen LogP) is 2.81. The Morgan fingerprint density at radius 2 is 2.11 bits per heavy atom. The molecule has 1 aromatic rings. The Bertz CT molecular complexity index is 401. The molecule has 1 aliphatic rings. The minimum absolute atomic E-state index is 0.294. The van der Waals surface area contributed by atoms with Crippen LogP contribution in [0.4, 0.5) is 19.0 Å². The molecule has 2 heterocycles. The first kappa shape index (κ1) is 14.1. The van der Waals surface area contributed by atoms with Crippen molar-refractivity contribution < 1.29 is 13.2 Å². The van der Waals surface area contributed by atoms with Gasteiger partial charge in [0.05, 0.1) is 5.56 Å². The van der Waals surface area contributed by atoms with Gasteiger partial charge in [-0.05, 0) is 44.4 Å². The Balaban J connectivity index is 2.15. The van der Waals surface area contributed by atoms with E-state index in [4.69, 9.17) is 5.73 Å². The number of piperidine rings is 1. The first-order valence-corrected chi connectivity index (χ1v) is 6.52. The van der Waals surface area contributed by atoms with Crippen LogP contribution in [0.15, 0.2) is 18.3 Å². The number of nitrogens with zero attached hydrogens (tertiary/aromatic N) is 2. The average molecular weight is 273 g/mol. The van der Waals surface area contributed by atoms with Crippen molar-refractivity contribution in [1.82, 2.24) is 4.98 Å². The van der Waals surface area contributed by atoms with Gasteiger partial charge < -0.3 is 10.6 Å². The first-order valence-electron chi connectivity index (χ1n) is 6.52. The normalized spacial score (nSPS) is 20.6. The topological polar surface area (TPSA) is 42.1 Å². The summed E-state index contributed by atoms with van der Waals surface area (Å²) in [5.41, 5.74) is 4.88. The predicted molar refractivity (Wildman–Crippen MR) is 67.9 cm³/mol. The number of alkyl halides is 3. The van der Waals surface area contributed by atoms with Crippen LogP contribution < -0.4 is 10.6 Å². The molecule has 0 spiro atoms. The van der Waals surface area contributed by atoms with Crippen molar-refractivity contribution in [2.45, 2.75) is 37.9 Å². The highest BCUT2D eigenvalue weighted by molar-refractivity contribution is 5.41. The van der Waals surface area contributed by atoms with E-state index in [-0.39, 0.29) is 0 Å². The van der Waals surface area contributed by atoms with Gasteiger partial charge in [0, 0.05) is 18.8 Å². The molecule has 2 N–H and O–H groups in total. The number of anilines is 1. The highest BCUT2D eigenvalue weighted by Crippen LogP contribution is 2.31. The summed E-state index contributed by atoms with van der Waals surface area (Å²) in [5.74, 6) is 0.617. The van der Waals surface area contributed by atoms with E-state index in [1.165, 1.54) is 6.07 Å². The zero-order valence-electron chi connectivity index (χ0n) is 10.7. The monoisotopic (exact) mass is 273 g/mol. The number of pyridine rings is 1. The number of halogens is 3. The van der Waals surface area contributed by atoms with Crippen molar-refractivity contribution in [2.75, 3.05) is 18.0 Å². The molecule has 1 atom stereocenters. The molecule has 1 fully saturated rings. The van der Waals surface area contributed by atoms with E-state index in [1.54, 1.807) is 0 Å². The SMILES string of the molecule is NCCC1CCCCN1c1ccc(C(F)(F)F)cn1. The number of aromatic nitrogens is 1. The van der Waals surface area contributed by atoms with Crippen LogP contribution >= 0.6 is 0 Å². The van der Waals surface area contributed by atoms with Crippen LogP contribution in [0.5, 0.6) is 0 Å². The molecule has 0 saturated carbocycles. The van der Waals surface area contributed by atoms with Gasteiger partial charge >= 0.3 is 6.18 Å². The fourth-order valence-corrected chi connectivity index (χ4v) is 2.52. The Morgan fingerprint density at radius 3 is 2.68 bits per heavy atom. The molecule has 0 bridgehead atoms. The van der Waals surface area contributed by atoms with Crippen LogP contribution in [0.25, 0.3) is 0 Å². The molecule has 1 saturated heterocycles. The van der Waals surface area contributed by atoms with E-state index in [0.717, 1.165) is 44.5 Å². The van der Waals surface area contributed by atoms with Crippen LogP contribution in [0.2, 0.25) is 0 Å². The van der Waals surface area contributed by atoms with Crippen molar-refractivity contribution in [3.8, 4) is 0 Å². The van der Waals surface area contributed by atoms with Gasteiger partial charge in [0.1, 0.15) is 5.82 Å². The summed E-state index contributed by atoms with van der Waals surface area (Å²) in [6.07, 6.45) is 0.641. The lowest BCUT2D eigenvalue weighted by Crippen LogP contribution is -2.41. The molecule has 2 rings (SSSR count). The molecule has 106 valence electrons. The molecule has 0 aliphatic carbocycles. The van der Waals surface area contributed by atoms with Gasteiger partial charge in [-0.2, -0.15) is 13.2 Å². The highest BCUT2D eigenvalue weighted by Gasteiger charge is 2.31. The maximum absolute atomic E-state index is 12.5. The summed E-state index contributed by atoms with van der Waals surface area (Å²) >= 11 is 0. The van der Waals surface area contributed by atoms with Gasteiger partial charge in [0.2, 0.25) is 0 Å². The second kappa shape index (κ2) is 5.77. The summed E-state index contributed by atoms with van der Waals surface area (Å²) in [5, 5.41) is 0. The maximum atomic E-state index is 12.5. The summed E-state index contributed by atoms with van der Waals surface area (Å²) in [6.45, 7) is 1.42. The Hall–Kier alpha value is -1.30. The highest BCUT2D eigenvalue weighted by atomic mass is 19.4. The zero-order chi connectivity index (χ0) is 13.9. The minimum atomic E-state index is -4.33. The van der Waals surface area contributed by atoms with Gasteiger partial charge in [-0.3, -0.25) is 0 Å². The Kier molecular flexibility index (Phi) is 4.29. The molecule has 1 aromatic heterocycles. The molecule has 1 aliphatic heterocycles. The van der Waals surface area contributed by atoms with Crippen molar-refractivity contribution in [1.29, 1.82) is 0 Å². The second-order valence-electron chi connectivity index (χ2n) is 4.82. The van der Waals surface area contributed by atoms with Gasteiger partial charge in [-0.1, -0.05) is 0 Å². The van der Waals surface area contributed by atoms with E-state index in [1.807, 2.05) is 0 Å². The lowest BCUT2D eigenvalue weighted by Gasteiger charge is -2.36. The van der Waals surface area contributed by atoms with E-state index < -0.39 is 11.7 Å². The van der Waals surface area contributed by atoms with Crippen LogP contribution in [0.3, 0.4) is 0 Å². The van der Waals surface area contributed by atoms with Crippen LogP contribution in [-0.2, 0) is 6.18 Å². The van der Waals surface area contributed by atoms with Crippen LogP contribution in [-0.4, -0.2) is 24.1 Å². The Labute approximate surface area is 110 Å². The molecule has 3 nitrogen and oxygen atoms in total. The van der Waals surface area contributed by atoms with Crippen molar-refractivity contribution in [3.63, 3.8) is 0 Å². The van der Waals surface area contributed by atoms with Crippen LogP contribution in [0, 0.1) is 0 Å². The standard InChI is InChI=1S/C13H18F3N3/c14-13(15,16)10-4-5-12(18-9-10)19-8-2-1-3-11(19)6-7-17/h4-5,9,11H,1-3,6-8,17H2. The summed E-state index contributed by atoms with van der Waals surface area (Å²) in [4.78, 5) is 6.05. The average Bonchev–Trinajstić information content (AvgIpc) is 2.39. The lowest BCUT2D eigenvalue weighted by molar-refractivity contribution is -0.137. The van der Waals surface area contributed by atoms with Gasteiger partial charge in [0.15, 0.2) is 0 Å². The summed E-state index contributed by atoms with van der Waals surface area (Å²) < 4.78 is 37.5. The number of hydrogen-bond acceptors (Lipinski definition) is 3. The first-order chi connectivity index (χ1) is 9.02. The van der Waals surface area contributed by atoms with E-state index in [2.05, 4.69) is 9.88 Å².